The van der Waals surface area contributed by atoms with E-state index in [2.05, 4.69) is 19.2 Å². The summed E-state index contributed by atoms with van der Waals surface area (Å²) in [7, 11) is 1.68. The van der Waals surface area contributed by atoms with Gasteiger partial charge in [0.15, 0.2) is 0 Å². The number of methoxy groups -OCH3 is 1. The van der Waals surface area contributed by atoms with E-state index >= 15 is 0 Å². The molecular weight excluding hydrogens is 226 g/mol. The van der Waals surface area contributed by atoms with Crippen LogP contribution in [0.15, 0.2) is 41.0 Å². The van der Waals surface area contributed by atoms with Crippen LogP contribution in [0.3, 0.4) is 0 Å². The SMILES string of the molecule is COc1ccc(NC(C)Cc2ccco2)c(C)c1. The number of hydrogen-bond acceptors (Lipinski definition) is 3. The van der Waals surface area contributed by atoms with Crippen LogP contribution in [0.4, 0.5) is 5.69 Å². The van der Waals surface area contributed by atoms with Gasteiger partial charge in [0, 0.05) is 18.2 Å². The molecule has 2 aromatic rings. The molecule has 18 heavy (non-hydrogen) atoms. The Bertz CT molecular complexity index is 491. The Morgan fingerprint density at radius 2 is 2.17 bits per heavy atom. The molecule has 96 valence electrons. The van der Waals surface area contributed by atoms with E-state index in [4.69, 9.17) is 9.15 Å². The van der Waals surface area contributed by atoms with Crippen LogP contribution < -0.4 is 10.1 Å². The average Bonchev–Trinajstić information content (AvgIpc) is 2.84. The van der Waals surface area contributed by atoms with E-state index in [1.54, 1.807) is 13.4 Å². The molecule has 1 N–H and O–H groups in total. The van der Waals surface area contributed by atoms with Crippen molar-refractivity contribution in [2.45, 2.75) is 26.3 Å². The van der Waals surface area contributed by atoms with E-state index in [0.29, 0.717) is 6.04 Å². The summed E-state index contributed by atoms with van der Waals surface area (Å²) in [6.07, 6.45) is 2.58. The van der Waals surface area contributed by atoms with E-state index in [-0.39, 0.29) is 0 Å². The van der Waals surface area contributed by atoms with Gasteiger partial charge in [-0.2, -0.15) is 0 Å². The lowest BCUT2D eigenvalue weighted by Gasteiger charge is -2.16. The second-order valence-electron chi connectivity index (χ2n) is 4.51. The minimum Gasteiger partial charge on any atom is -0.497 e. The maximum absolute atomic E-state index is 5.35. The molecule has 3 nitrogen and oxygen atoms in total. The van der Waals surface area contributed by atoms with Crippen molar-refractivity contribution in [1.82, 2.24) is 0 Å². The van der Waals surface area contributed by atoms with Crippen molar-refractivity contribution in [1.29, 1.82) is 0 Å². The molecule has 0 saturated carbocycles. The molecule has 0 fully saturated rings. The zero-order valence-electron chi connectivity index (χ0n) is 11.1. The first kappa shape index (κ1) is 12.6. The number of hydrogen-bond donors (Lipinski definition) is 1. The predicted molar refractivity (Wildman–Crippen MR) is 73.2 cm³/mol. The van der Waals surface area contributed by atoms with Crippen LogP contribution in [0.5, 0.6) is 5.75 Å². The van der Waals surface area contributed by atoms with Crippen LogP contribution in [-0.4, -0.2) is 13.2 Å². The first-order chi connectivity index (χ1) is 8.69. The quantitative estimate of drug-likeness (QED) is 0.873. The maximum atomic E-state index is 5.35. The van der Waals surface area contributed by atoms with Gasteiger partial charge in [-0.05, 0) is 49.7 Å². The van der Waals surface area contributed by atoms with Gasteiger partial charge >= 0.3 is 0 Å². The molecule has 1 heterocycles. The third kappa shape index (κ3) is 3.06. The Balaban J connectivity index is 2.00. The second-order valence-corrected chi connectivity index (χ2v) is 4.51. The van der Waals surface area contributed by atoms with Crippen molar-refractivity contribution < 1.29 is 9.15 Å². The summed E-state index contributed by atoms with van der Waals surface area (Å²) < 4.78 is 10.5. The third-order valence-electron chi connectivity index (χ3n) is 2.92. The van der Waals surface area contributed by atoms with E-state index in [0.717, 1.165) is 23.6 Å². The summed E-state index contributed by atoms with van der Waals surface area (Å²) >= 11 is 0. The summed E-state index contributed by atoms with van der Waals surface area (Å²) in [5.41, 5.74) is 2.32. The minimum atomic E-state index is 0.322. The van der Waals surface area contributed by atoms with Gasteiger partial charge in [-0.1, -0.05) is 0 Å². The highest BCUT2D eigenvalue weighted by Crippen LogP contribution is 2.22. The summed E-state index contributed by atoms with van der Waals surface area (Å²) in [4.78, 5) is 0. The van der Waals surface area contributed by atoms with Crippen LogP contribution in [0, 0.1) is 6.92 Å². The van der Waals surface area contributed by atoms with Crippen molar-refractivity contribution in [3.63, 3.8) is 0 Å². The van der Waals surface area contributed by atoms with Gasteiger partial charge in [-0.3, -0.25) is 0 Å². The molecule has 1 atom stereocenters. The Hall–Kier alpha value is -1.90. The van der Waals surface area contributed by atoms with Gasteiger partial charge in [-0.15, -0.1) is 0 Å². The fourth-order valence-corrected chi connectivity index (χ4v) is 1.97. The van der Waals surface area contributed by atoms with E-state index < -0.39 is 0 Å². The van der Waals surface area contributed by atoms with Crippen molar-refractivity contribution >= 4 is 5.69 Å². The molecule has 0 amide bonds. The average molecular weight is 245 g/mol. The standard InChI is InChI=1S/C15H19NO2/c1-11-9-13(17-3)6-7-15(11)16-12(2)10-14-5-4-8-18-14/h4-9,12,16H,10H2,1-3H3. The molecule has 0 radical (unpaired) electrons. The molecule has 0 saturated heterocycles. The fourth-order valence-electron chi connectivity index (χ4n) is 1.97. The monoisotopic (exact) mass is 245 g/mol. The first-order valence-corrected chi connectivity index (χ1v) is 6.12. The lowest BCUT2D eigenvalue weighted by molar-refractivity contribution is 0.414. The van der Waals surface area contributed by atoms with Gasteiger partial charge in [0.05, 0.1) is 13.4 Å². The normalized spacial score (nSPS) is 12.2. The Morgan fingerprint density at radius 1 is 1.33 bits per heavy atom. The van der Waals surface area contributed by atoms with E-state index in [9.17, 15) is 0 Å². The number of anilines is 1. The molecule has 3 heteroatoms. The molecule has 0 aliphatic heterocycles. The van der Waals surface area contributed by atoms with E-state index in [1.165, 1.54) is 5.56 Å². The van der Waals surface area contributed by atoms with Crippen molar-refractivity contribution in [2.24, 2.45) is 0 Å². The number of ether oxygens (including phenoxy) is 1. The number of aryl methyl sites for hydroxylation is 1. The van der Waals surface area contributed by atoms with E-state index in [1.807, 2.05) is 30.3 Å². The van der Waals surface area contributed by atoms with Crippen LogP contribution in [0.25, 0.3) is 0 Å². The smallest absolute Gasteiger partial charge is 0.119 e. The van der Waals surface area contributed by atoms with Gasteiger partial charge in [-0.25, -0.2) is 0 Å². The highest BCUT2D eigenvalue weighted by molar-refractivity contribution is 5.54. The summed E-state index contributed by atoms with van der Waals surface area (Å²) in [6.45, 7) is 4.22. The maximum Gasteiger partial charge on any atom is 0.119 e. The Labute approximate surface area is 108 Å². The number of benzene rings is 1. The van der Waals surface area contributed by atoms with Gasteiger partial charge in [0.2, 0.25) is 0 Å². The molecule has 2 rings (SSSR count). The zero-order chi connectivity index (χ0) is 13.0. The molecular formula is C15H19NO2. The zero-order valence-corrected chi connectivity index (χ0v) is 11.1. The summed E-state index contributed by atoms with van der Waals surface area (Å²) in [6, 6.07) is 10.3. The fraction of sp³-hybridized carbons (Fsp3) is 0.333. The molecule has 0 bridgehead atoms. The topological polar surface area (TPSA) is 34.4 Å². The Kier molecular flexibility index (Phi) is 3.92. The number of rotatable bonds is 5. The van der Waals surface area contributed by atoms with Crippen molar-refractivity contribution in [3.05, 3.63) is 47.9 Å². The minimum absolute atomic E-state index is 0.322. The number of nitrogens with one attached hydrogen (secondary N) is 1. The summed E-state index contributed by atoms with van der Waals surface area (Å²) in [5.74, 6) is 1.89. The first-order valence-electron chi connectivity index (χ1n) is 6.12. The molecule has 1 unspecified atom stereocenters. The highest BCUT2D eigenvalue weighted by Gasteiger charge is 2.07. The van der Waals surface area contributed by atoms with Crippen LogP contribution >= 0.6 is 0 Å². The number of furan rings is 1. The highest BCUT2D eigenvalue weighted by atomic mass is 16.5. The van der Waals surface area contributed by atoms with Crippen LogP contribution in [0.1, 0.15) is 18.2 Å². The molecule has 1 aromatic carbocycles. The summed E-state index contributed by atoms with van der Waals surface area (Å²) in [5, 5.41) is 3.48. The van der Waals surface area contributed by atoms with Crippen LogP contribution in [0.2, 0.25) is 0 Å². The molecule has 0 aliphatic carbocycles. The Morgan fingerprint density at radius 3 is 2.78 bits per heavy atom. The van der Waals surface area contributed by atoms with Gasteiger partial charge in [0.1, 0.15) is 11.5 Å². The van der Waals surface area contributed by atoms with Crippen molar-refractivity contribution in [2.75, 3.05) is 12.4 Å². The lowest BCUT2D eigenvalue weighted by Crippen LogP contribution is -2.18. The lowest BCUT2D eigenvalue weighted by atomic mass is 10.1. The largest absolute Gasteiger partial charge is 0.497 e. The molecule has 0 aliphatic rings. The molecule has 0 spiro atoms. The van der Waals surface area contributed by atoms with Gasteiger partial charge in [0.25, 0.3) is 0 Å². The predicted octanol–water partition coefficient (Wildman–Crippen LogP) is 3.64. The van der Waals surface area contributed by atoms with Gasteiger partial charge < -0.3 is 14.5 Å². The van der Waals surface area contributed by atoms with Crippen LogP contribution in [-0.2, 0) is 6.42 Å². The molecule has 1 aromatic heterocycles. The second kappa shape index (κ2) is 5.63. The third-order valence-corrected chi connectivity index (χ3v) is 2.92. The van der Waals surface area contributed by atoms with Crippen molar-refractivity contribution in [3.8, 4) is 5.75 Å².